The zero-order valence-electron chi connectivity index (χ0n) is 25.3. The molecule has 0 aliphatic rings. The summed E-state index contributed by atoms with van der Waals surface area (Å²) >= 11 is 6.63. The Morgan fingerprint density at radius 2 is 0.486 bits per heavy atom. The molecule has 0 nitrogen and oxygen atoms in total. The van der Waals surface area contributed by atoms with Crippen LogP contribution in [0.1, 0.15) is 187 Å². The van der Waals surface area contributed by atoms with E-state index in [1.54, 1.807) is 0 Å². The molecule has 0 aromatic heterocycles. The maximum absolute atomic E-state index is 6.63. The first-order valence-corrected chi connectivity index (χ1v) is 21.2. The van der Waals surface area contributed by atoms with Crippen LogP contribution < -0.4 is 0 Å². The summed E-state index contributed by atoms with van der Waals surface area (Å²) in [7, 11) is 0. The number of unbranched alkanes of at least 4 members (excludes halogenated alkanes) is 27. The monoisotopic (exact) mass is 532 g/mol. The van der Waals surface area contributed by atoms with Crippen molar-refractivity contribution in [2.24, 2.45) is 0 Å². The van der Waals surface area contributed by atoms with E-state index < -0.39 is 5.96 Å². The van der Waals surface area contributed by atoms with Crippen LogP contribution in [0.5, 0.6) is 0 Å². The van der Waals surface area contributed by atoms with Crippen molar-refractivity contribution in [1.29, 1.82) is 0 Å². The van der Waals surface area contributed by atoms with Gasteiger partial charge in [0, 0.05) is 0 Å². The van der Waals surface area contributed by atoms with Gasteiger partial charge in [-0.15, -0.1) is 0 Å². The average molecular weight is 533 g/mol. The molecule has 0 radical (unpaired) electrons. The molecule has 2 heteroatoms. The van der Waals surface area contributed by atoms with E-state index in [1.807, 2.05) is 0 Å². The van der Waals surface area contributed by atoms with Crippen LogP contribution in [-0.4, -0.2) is 26.2 Å². The zero-order chi connectivity index (χ0) is 26.0. The van der Waals surface area contributed by atoms with E-state index in [1.165, 1.54) is 186 Å². The standard InChI is InChI=1S/C33H70ClP/c1-5-6-7-8-9-10-11-12-13-14-15-16-17-18-19-20-21-22-23-24-25-26-27-28-29-30-31-32-33-35(2,3,4)34/h5-33H2,1-4H3. The molecular formula is C33H70ClP. The van der Waals surface area contributed by atoms with Gasteiger partial charge in [0.25, 0.3) is 0 Å². The van der Waals surface area contributed by atoms with Crippen LogP contribution in [0.4, 0.5) is 0 Å². The molecule has 0 spiro atoms. The summed E-state index contributed by atoms with van der Waals surface area (Å²) in [6, 6.07) is 0. The molecule has 0 saturated heterocycles. The van der Waals surface area contributed by atoms with Crippen molar-refractivity contribution in [3.8, 4) is 0 Å². The molecule has 214 valence electrons. The van der Waals surface area contributed by atoms with E-state index in [4.69, 9.17) is 11.2 Å². The first kappa shape index (κ1) is 35.7. The molecule has 0 aromatic rings. The molecule has 0 unspecified atom stereocenters. The molecule has 0 aromatic carbocycles. The summed E-state index contributed by atoms with van der Waals surface area (Å²) in [5.41, 5.74) is 0. The van der Waals surface area contributed by atoms with Gasteiger partial charge in [-0.25, -0.2) is 0 Å². The fourth-order valence-electron chi connectivity index (χ4n) is 5.32. The summed E-state index contributed by atoms with van der Waals surface area (Å²) < 4.78 is 0. The Morgan fingerprint density at radius 1 is 0.314 bits per heavy atom. The van der Waals surface area contributed by atoms with Crippen LogP contribution in [-0.2, 0) is 0 Å². The molecule has 0 aliphatic carbocycles. The molecule has 0 heterocycles. The van der Waals surface area contributed by atoms with Crippen LogP contribution in [0.15, 0.2) is 0 Å². The Morgan fingerprint density at radius 3 is 0.657 bits per heavy atom. The van der Waals surface area contributed by atoms with E-state index in [0.717, 1.165) is 0 Å². The van der Waals surface area contributed by atoms with E-state index in [9.17, 15) is 0 Å². The summed E-state index contributed by atoms with van der Waals surface area (Å²) in [6.07, 6.45) is 42.2. The SMILES string of the molecule is CCCCCCCCCCCCCCCCCCCCCCCCCCCCCCP(C)(C)(C)Cl. The topological polar surface area (TPSA) is 0 Å². The normalized spacial score (nSPS) is 13.2. The van der Waals surface area contributed by atoms with E-state index in [2.05, 4.69) is 26.9 Å². The van der Waals surface area contributed by atoms with Gasteiger partial charge in [0.2, 0.25) is 0 Å². The Balaban J connectivity index is 3.07. The van der Waals surface area contributed by atoms with Gasteiger partial charge in [-0.05, 0) is 0 Å². The summed E-state index contributed by atoms with van der Waals surface area (Å²) in [6.45, 7) is 9.16. The van der Waals surface area contributed by atoms with E-state index in [-0.39, 0.29) is 0 Å². The van der Waals surface area contributed by atoms with E-state index in [0.29, 0.717) is 0 Å². The van der Waals surface area contributed by atoms with Gasteiger partial charge in [0.05, 0.1) is 0 Å². The van der Waals surface area contributed by atoms with Gasteiger partial charge in [-0.3, -0.25) is 0 Å². The van der Waals surface area contributed by atoms with Gasteiger partial charge in [-0.2, -0.15) is 0 Å². The second kappa shape index (κ2) is 25.0. The third-order valence-corrected chi connectivity index (χ3v) is 10.1. The molecule has 0 N–H and O–H groups in total. The molecule has 0 saturated carbocycles. The Bertz CT molecular complexity index is 402. The fraction of sp³-hybridized carbons (Fsp3) is 1.00. The minimum atomic E-state index is -1.76. The Hall–Kier alpha value is 0.720. The van der Waals surface area contributed by atoms with Crippen LogP contribution in [0.3, 0.4) is 0 Å². The summed E-state index contributed by atoms with van der Waals surface area (Å²) in [5.74, 6) is -1.76. The maximum atomic E-state index is 6.63. The third-order valence-electron chi connectivity index (χ3n) is 7.77. The van der Waals surface area contributed by atoms with Gasteiger partial charge < -0.3 is 0 Å². The number of halogens is 1. The molecule has 0 aliphatic heterocycles. The van der Waals surface area contributed by atoms with Crippen molar-refractivity contribution in [3.63, 3.8) is 0 Å². The zero-order valence-corrected chi connectivity index (χ0v) is 27.0. The van der Waals surface area contributed by atoms with Crippen molar-refractivity contribution in [3.05, 3.63) is 0 Å². The fourth-order valence-corrected chi connectivity index (χ4v) is 6.97. The third kappa shape index (κ3) is 34.7. The van der Waals surface area contributed by atoms with Crippen molar-refractivity contribution in [2.45, 2.75) is 187 Å². The van der Waals surface area contributed by atoms with Crippen LogP contribution in [0.25, 0.3) is 0 Å². The second-order valence-corrected chi connectivity index (χ2v) is 23.2. The first-order chi connectivity index (χ1) is 16.8. The predicted molar refractivity (Wildman–Crippen MR) is 170 cm³/mol. The first-order valence-electron chi connectivity index (χ1n) is 16.5. The summed E-state index contributed by atoms with van der Waals surface area (Å²) in [5, 5.41) is 0. The van der Waals surface area contributed by atoms with Crippen LogP contribution >= 0.6 is 17.2 Å². The average Bonchev–Trinajstić information content (AvgIpc) is 2.79. The summed E-state index contributed by atoms with van der Waals surface area (Å²) in [4.78, 5) is 0. The van der Waals surface area contributed by atoms with Gasteiger partial charge in [-0.1, -0.05) is 116 Å². The molecule has 35 heavy (non-hydrogen) atoms. The van der Waals surface area contributed by atoms with Crippen LogP contribution in [0, 0.1) is 0 Å². The van der Waals surface area contributed by atoms with Gasteiger partial charge >= 0.3 is 114 Å². The van der Waals surface area contributed by atoms with Crippen molar-refractivity contribution >= 4 is 17.2 Å². The predicted octanol–water partition coefficient (Wildman–Crippen LogP) is 13.5. The number of rotatable bonds is 29. The van der Waals surface area contributed by atoms with Gasteiger partial charge in [0.15, 0.2) is 0 Å². The molecule has 0 amide bonds. The number of hydrogen-bond acceptors (Lipinski definition) is 0. The Labute approximate surface area is 229 Å². The van der Waals surface area contributed by atoms with Crippen molar-refractivity contribution in [2.75, 3.05) is 26.2 Å². The van der Waals surface area contributed by atoms with E-state index >= 15 is 0 Å². The Kier molecular flexibility index (Phi) is 25.5. The minimum absolute atomic E-state index is 1.26. The quantitative estimate of drug-likeness (QED) is 0.0663. The number of hydrogen-bond donors (Lipinski definition) is 0. The molecule has 0 fully saturated rings. The molecule has 0 bridgehead atoms. The van der Waals surface area contributed by atoms with Crippen LogP contribution in [0.2, 0.25) is 0 Å². The molecule has 0 atom stereocenters. The molecule has 0 rings (SSSR count). The van der Waals surface area contributed by atoms with Gasteiger partial charge in [0.1, 0.15) is 0 Å². The van der Waals surface area contributed by atoms with Crippen molar-refractivity contribution < 1.29 is 0 Å². The van der Waals surface area contributed by atoms with Crippen molar-refractivity contribution in [1.82, 2.24) is 0 Å². The second-order valence-electron chi connectivity index (χ2n) is 13.2. The molecular weight excluding hydrogens is 463 g/mol.